The minimum absolute atomic E-state index is 0.299. The average Bonchev–Trinajstić information content (AvgIpc) is 3.18. The van der Waals surface area contributed by atoms with Crippen molar-refractivity contribution in [2.45, 2.75) is 29.5 Å². The molecule has 0 amide bonds. The maximum absolute atomic E-state index is 12.7. The molecule has 4 rings (SSSR count). The molecule has 180 valence electrons. The number of carboxylic acids is 1. The van der Waals surface area contributed by atoms with Gasteiger partial charge in [-0.15, -0.1) is 0 Å². The second-order valence-electron chi connectivity index (χ2n) is 7.59. The van der Waals surface area contributed by atoms with Gasteiger partial charge in [-0.25, -0.2) is 18.2 Å². The molecule has 2 aromatic rings. The number of alkyl halides is 3. The van der Waals surface area contributed by atoms with Gasteiger partial charge in [0.2, 0.25) is 15.9 Å². The van der Waals surface area contributed by atoms with Crippen molar-refractivity contribution in [2.75, 3.05) is 26.3 Å². The number of benzene rings is 1. The maximum Gasteiger partial charge on any atom is 0.490 e. The number of ether oxygens (including phenoxy) is 2. The van der Waals surface area contributed by atoms with Crippen LogP contribution in [0.5, 0.6) is 5.88 Å². The Morgan fingerprint density at radius 3 is 2.39 bits per heavy atom. The van der Waals surface area contributed by atoms with E-state index in [1.165, 1.54) is 4.31 Å². The van der Waals surface area contributed by atoms with Gasteiger partial charge in [-0.1, -0.05) is 24.3 Å². The van der Waals surface area contributed by atoms with E-state index >= 15 is 0 Å². The molecule has 1 aromatic carbocycles. The summed E-state index contributed by atoms with van der Waals surface area (Å²) in [6.07, 6.45) is -1.62. The summed E-state index contributed by atoms with van der Waals surface area (Å²) in [6.45, 7) is 2.06. The number of aromatic nitrogens is 1. The van der Waals surface area contributed by atoms with E-state index in [0.29, 0.717) is 43.0 Å². The van der Waals surface area contributed by atoms with Crippen LogP contribution in [0.3, 0.4) is 0 Å². The third kappa shape index (κ3) is 6.01. The molecule has 0 radical (unpaired) electrons. The first kappa shape index (κ1) is 24.9. The van der Waals surface area contributed by atoms with E-state index < -0.39 is 22.2 Å². The molecule has 2 fully saturated rings. The van der Waals surface area contributed by atoms with Crippen LogP contribution >= 0.6 is 0 Å². The second kappa shape index (κ2) is 10.1. The van der Waals surface area contributed by atoms with E-state index in [2.05, 4.69) is 4.98 Å². The zero-order chi connectivity index (χ0) is 24.1. The molecule has 1 aromatic heterocycles. The van der Waals surface area contributed by atoms with Gasteiger partial charge in [0, 0.05) is 32.0 Å². The maximum atomic E-state index is 12.7. The zero-order valence-corrected chi connectivity index (χ0v) is 18.3. The number of rotatable bonds is 6. The van der Waals surface area contributed by atoms with Gasteiger partial charge in [-0.05, 0) is 37.0 Å². The van der Waals surface area contributed by atoms with Crippen molar-refractivity contribution in [2.24, 2.45) is 5.92 Å². The van der Waals surface area contributed by atoms with Crippen LogP contribution in [0.2, 0.25) is 0 Å². The lowest BCUT2D eigenvalue weighted by Crippen LogP contribution is -2.66. The minimum atomic E-state index is -5.08. The number of aliphatic carboxylic acids is 1. The van der Waals surface area contributed by atoms with Crippen LogP contribution in [0.1, 0.15) is 12.8 Å². The number of carboxylic acid groups (broad SMARTS) is 1. The Kier molecular flexibility index (Phi) is 7.60. The first-order valence-corrected chi connectivity index (χ1v) is 11.5. The van der Waals surface area contributed by atoms with Gasteiger partial charge in [0.25, 0.3) is 0 Å². The van der Waals surface area contributed by atoms with Gasteiger partial charge in [-0.2, -0.15) is 17.5 Å². The minimum Gasteiger partial charge on any atom is -0.478 e. The van der Waals surface area contributed by atoms with Crippen molar-refractivity contribution in [3.63, 3.8) is 0 Å². The number of hydrogen-bond donors (Lipinski definition) is 1. The SMILES string of the molecule is O=C(O)C(F)(F)F.O=S(=O)(c1ccccc1)N1CC2(C1)OCCC2CCOc1ccccn1. The molecule has 0 aliphatic carbocycles. The summed E-state index contributed by atoms with van der Waals surface area (Å²) < 4.78 is 70.3. The summed E-state index contributed by atoms with van der Waals surface area (Å²) in [4.78, 5) is 13.4. The first-order chi connectivity index (χ1) is 15.5. The van der Waals surface area contributed by atoms with Crippen molar-refractivity contribution in [1.82, 2.24) is 9.29 Å². The molecule has 12 heteroatoms. The first-order valence-electron chi connectivity index (χ1n) is 10.1. The molecule has 2 aliphatic heterocycles. The molecule has 8 nitrogen and oxygen atoms in total. The molecule has 2 saturated heterocycles. The van der Waals surface area contributed by atoms with Crippen molar-refractivity contribution in [1.29, 1.82) is 0 Å². The number of halogens is 3. The lowest BCUT2D eigenvalue weighted by molar-refractivity contribution is -0.192. The van der Waals surface area contributed by atoms with E-state index in [-0.39, 0.29) is 5.60 Å². The quantitative estimate of drug-likeness (QED) is 0.666. The van der Waals surface area contributed by atoms with Crippen LogP contribution in [-0.2, 0) is 19.6 Å². The summed E-state index contributed by atoms with van der Waals surface area (Å²) in [6, 6.07) is 14.1. The Bertz CT molecular complexity index is 1030. The summed E-state index contributed by atoms with van der Waals surface area (Å²) >= 11 is 0. The fraction of sp³-hybridized carbons (Fsp3) is 0.429. The molecular weight excluding hydrogens is 465 g/mol. The highest BCUT2D eigenvalue weighted by Crippen LogP contribution is 2.43. The van der Waals surface area contributed by atoms with E-state index in [1.807, 2.05) is 24.3 Å². The van der Waals surface area contributed by atoms with Gasteiger partial charge >= 0.3 is 12.1 Å². The number of sulfonamides is 1. The topological polar surface area (TPSA) is 106 Å². The van der Waals surface area contributed by atoms with E-state index in [4.69, 9.17) is 19.4 Å². The third-order valence-corrected chi connectivity index (χ3v) is 7.27. The highest BCUT2D eigenvalue weighted by molar-refractivity contribution is 7.89. The molecule has 1 atom stereocenters. The van der Waals surface area contributed by atoms with Crippen LogP contribution in [0.15, 0.2) is 59.6 Å². The van der Waals surface area contributed by atoms with Gasteiger partial charge in [0.1, 0.15) is 0 Å². The third-order valence-electron chi connectivity index (χ3n) is 5.47. The Hall–Kier alpha value is -2.70. The van der Waals surface area contributed by atoms with Crippen LogP contribution in [0, 0.1) is 5.92 Å². The van der Waals surface area contributed by atoms with Crippen molar-refractivity contribution >= 4 is 16.0 Å². The largest absolute Gasteiger partial charge is 0.490 e. The smallest absolute Gasteiger partial charge is 0.478 e. The van der Waals surface area contributed by atoms with E-state index in [0.717, 1.165) is 12.8 Å². The Labute approximate surface area is 189 Å². The van der Waals surface area contributed by atoms with Crippen molar-refractivity contribution in [3.8, 4) is 5.88 Å². The average molecular weight is 488 g/mol. The fourth-order valence-corrected chi connectivity index (χ4v) is 5.32. The summed E-state index contributed by atoms with van der Waals surface area (Å²) in [7, 11) is -3.44. The van der Waals surface area contributed by atoms with Crippen LogP contribution in [0.4, 0.5) is 13.2 Å². The predicted molar refractivity (Wildman–Crippen MR) is 110 cm³/mol. The molecule has 0 saturated carbocycles. The second-order valence-corrected chi connectivity index (χ2v) is 9.53. The fourth-order valence-electron chi connectivity index (χ4n) is 3.74. The lowest BCUT2D eigenvalue weighted by atomic mass is 9.80. The van der Waals surface area contributed by atoms with Gasteiger partial charge in [0.05, 0.1) is 17.1 Å². The van der Waals surface area contributed by atoms with E-state index in [1.54, 1.807) is 30.5 Å². The molecule has 1 spiro atoms. The molecular formula is C21H23F3N2O6S. The van der Waals surface area contributed by atoms with Crippen molar-refractivity contribution < 1.29 is 41.0 Å². The highest BCUT2D eigenvalue weighted by Gasteiger charge is 2.56. The van der Waals surface area contributed by atoms with Crippen LogP contribution < -0.4 is 4.74 Å². The summed E-state index contributed by atoms with van der Waals surface area (Å²) in [5, 5.41) is 7.12. The van der Waals surface area contributed by atoms with Crippen molar-refractivity contribution in [3.05, 3.63) is 54.7 Å². The molecule has 3 heterocycles. The van der Waals surface area contributed by atoms with Gasteiger partial charge in [-0.3, -0.25) is 0 Å². The number of pyridine rings is 1. The Balaban J connectivity index is 0.000000383. The summed E-state index contributed by atoms with van der Waals surface area (Å²) in [5.41, 5.74) is -0.366. The number of carbonyl (C=O) groups is 1. The van der Waals surface area contributed by atoms with E-state index in [9.17, 15) is 21.6 Å². The molecule has 2 aliphatic rings. The molecule has 0 bridgehead atoms. The number of nitrogens with zero attached hydrogens (tertiary/aromatic N) is 2. The van der Waals surface area contributed by atoms with Gasteiger partial charge < -0.3 is 14.6 Å². The molecule has 1 N–H and O–H groups in total. The number of hydrogen-bond acceptors (Lipinski definition) is 6. The normalized spacial score (nSPS) is 19.9. The monoisotopic (exact) mass is 488 g/mol. The molecule has 1 unspecified atom stereocenters. The zero-order valence-electron chi connectivity index (χ0n) is 17.4. The standard InChI is InChI=1S/C19H22N2O4S.C2HF3O2/c22-26(23,17-6-2-1-3-7-17)21-14-19(15-21)16(10-13-25-19)9-12-24-18-8-4-5-11-20-18;3-2(4,5)1(6)7/h1-8,11,16H,9-10,12-15H2;(H,6,7). The molecule has 33 heavy (non-hydrogen) atoms. The Morgan fingerprint density at radius 1 is 1.18 bits per heavy atom. The predicted octanol–water partition coefficient (Wildman–Crippen LogP) is 2.96. The highest BCUT2D eigenvalue weighted by atomic mass is 32.2. The van der Waals surface area contributed by atoms with Gasteiger partial charge in [0.15, 0.2) is 0 Å². The Morgan fingerprint density at radius 2 is 1.82 bits per heavy atom. The van der Waals surface area contributed by atoms with Crippen LogP contribution in [-0.4, -0.2) is 66.9 Å². The summed E-state index contributed by atoms with van der Waals surface area (Å²) in [5.74, 6) is -1.84. The van der Waals surface area contributed by atoms with Crippen LogP contribution in [0.25, 0.3) is 0 Å². The lowest BCUT2D eigenvalue weighted by Gasteiger charge is -2.49.